The van der Waals surface area contributed by atoms with Crippen molar-refractivity contribution in [3.8, 4) is 5.75 Å². The highest BCUT2D eigenvalue weighted by atomic mass is 32.2. The number of rotatable bonds is 4. The van der Waals surface area contributed by atoms with Gasteiger partial charge in [-0.3, -0.25) is 4.79 Å². The van der Waals surface area contributed by atoms with E-state index in [0.717, 1.165) is 16.8 Å². The van der Waals surface area contributed by atoms with Crippen LogP contribution in [0.25, 0.3) is 0 Å². The molecule has 0 fully saturated rings. The highest BCUT2D eigenvalue weighted by molar-refractivity contribution is 7.88. The van der Waals surface area contributed by atoms with E-state index in [4.69, 9.17) is 4.74 Å². The van der Waals surface area contributed by atoms with Crippen molar-refractivity contribution in [2.45, 2.75) is 6.17 Å². The Morgan fingerprint density at radius 3 is 2.42 bits per heavy atom. The summed E-state index contributed by atoms with van der Waals surface area (Å²) in [6.45, 7) is 0. The first-order valence-electron chi connectivity index (χ1n) is 7.19. The Balaban J connectivity index is 2.05. The van der Waals surface area contributed by atoms with Gasteiger partial charge in [-0.05, 0) is 29.8 Å². The minimum atomic E-state index is -3.62. The maximum absolute atomic E-state index is 12.7. The summed E-state index contributed by atoms with van der Waals surface area (Å²) >= 11 is 0. The second kappa shape index (κ2) is 6.14. The molecule has 7 nitrogen and oxygen atoms in total. The van der Waals surface area contributed by atoms with Gasteiger partial charge in [-0.1, -0.05) is 24.3 Å². The number of ether oxygens (including phenoxy) is 1. The van der Waals surface area contributed by atoms with Gasteiger partial charge in [-0.2, -0.15) is 0 Å². The Hall–Kier alpha value is -2.58. The third-order valence-electron chi connectivity index (χ3n) is 3.62. The van der Waals surface area contributed by atoms with Gasteiger partial charge in [0, 0.05) is 5.69 Å². The number of carbonyl (C=O) groups is 1. The number of fused-ring (bicyclic) bond motifs is 1. The first kappa shape index (κ1) is 16.3. The van der Waals surface area contributed by atoms with E-state index in [2.05, 4.69) is 10.1 Å². The summed E-state index contributed by atoms with van der Waals surface area (Å²) in [5.74, 6) is 0.250. The molecule has 3 rings (SSSR count). The number of carbonyl (C=O) groups excluding carboxylic acids is 1. The lowest BCUT2D eigenvalue weighted by atomic mass is 10.1. The third-order valence-corrected chi connectivity index (χ3v) is 4.15. The van der Waals surface area contributed by atoms with Gasteiger partial charge < -0.3 is 10.1 Å². The number of nitrogens with one attached hydrogen (secondary N) is 2. The van der Waals surface area contributed by atoms with Crippen LogP contribution < -0.4 is 14.9 Å². The third kappa shape index (κ3) is 3.19. The molecular weight excluding hydrogens is 330 g/mol. The normalized spacial score (nSPS) is 17.2. The Labute approximate surface area is 140 Å². The second-order valence-electron chi connectivity index (χ2n) is 5.40. The molecule has 1 aliphatic rings. The number of nitrogens with zero attached hydrogens (tertiary/aromatic N) is 1. The lowest BCUT2D eigenvalue weighted by molar-refractivity contribution is 0.0633. The molecule has 0 unspecified atom stereocenters. The van der Waals surface area contributed by atoms with E-state index in [0.29, 0.717) is 17.0 Å². The quantitative estimate of drug-likeness (QED) is 0.879. The van der Waals surface area contributed by atoms with Gasteiger partial charge in [0.15, 0.2) is 0 Å². The number of anilines is 1. The molecule has 0 bridgehead atoms. The maximum atomic E-state index is 12.7. The topological polar surface area (TPSA) is 87.7 Å². The molecule has 1 atom stereocenters. The average Bonchev–Trinajstić information content (AvgIpc) is 2.56. The highest BCUT2D eigenvalue weighted by Crippen LogP contribution is 2.32. The van der Waals surface area contributed by atoms with Gasteiger partial charge in [-0.15, -0.1) is 4.83 Å². The van der Waals surface area contributed by atoms with E-state index in [-0.39, 0.29) is 0 Å². The van der Waals surface area contributed by atoms with Crippen LogP contribution in [0.1, 0.15) is 22.1 Å². The fourth-order valence-corrected chi connectivity index (χ4v) is 3.09. The molecule has 1 amide bonds. The van der Waals surface area contributed by atoms with Gasteiger partial charge in [0.1, 0.15) is 11.9 Å². The van der Waals surface area contributed by atoms with Crippen molar-refractivity contribution in [1.29, 1.82) is 0 Å². The number of sulfonamides is 1. The molecule has 1 heterocycles. The minimum absolute atomic E-state index is 0.401. The molecule has 24 heavy (non-hydrogen) atoms. The first-order valence-corrected chi connectivity index (χ1v) is 9.09. The molecule has 0 aliphatic carbocycles. The average molecular weight is 347 g/mol. The summed E-state index contributed by atoms with van der Waals surface area (Å²) in [4.78, 5) is 15.0. The Morgan fingerprint density at radius 2 is 1.79 bits per heavy atom. The van der Waals surface area contributed by atoms with Crippen LogP contribution in [0.4, 0.5) is 5.69 Å². The van der Waals surface area contributed by atoms with E-state index < -0.39 is 22.1 Å². The van der Waals surface area contributed by atoms with Gasteiger partial charge in [-0.25, -0.2) is 13.4 Å². The lowest BCUT2D eigenvalue weighted by Gasteiger charge is -2.37. The van der Waals surface area contributed by atoms with Crippen molar-refractivity contribution in [1.82, 2.24) is 9.84 Å². The molecule has 8 heteroatoms. The zero-order valence-corrected chi connectivity index (χ0v) is 14.0. The van der Waals surface area contributed by atoms with Gasteiger partial charge in [0.05, 0.1) is 18.9 Å². The van der Waals surface area contributed by atoms with Gasteiger partial charge in [0.25, 0.3) is 5.91 Å². The SMILES string of the molecule is COc1ccc([C@@H]2Nc3ccccc3C(=O)N2NS(C)(=O)=O)cc1. The Bertz CT molecular complexity index is 865. The molecule has 0 saturated heterocycles. The zero-order chi connectivity index (χ0) is 17.3. The summed E-state index contributed by atoms with van der Waals surface area (Å²) in [5.41, 5.74) is 1.77. The summed E-state index contributed by atoms with van der Waals surface area (Å²) in [7, 11) is -2.06. The van der Waals surface area contributed by atoms with Crippen molar-refractivity contribution in [3.63, 3.8) is 0 Å². The van der Waals surface area contributed by atoms with Gasteiger partial charge >= 0.3 is 0 Å². The number of para-hydroxylation sites is 1. The largest absolute Gasteiger partial charge is 0.497 e. The second-order valence-corrected chi connectivity index (χ2v) is 7.13. The highest BCUT2D eigenvalue weighted by Gasteiger charge is 2.34. The number of methoxy groups -OCH3 is 1. The lowest BCUT2D eigenvalue weighted by Crippen LogP contribution is -2.52. The van der Waals surface area contributed by atoms with E-state index in [1.165, 1.54) is 0 Å². The van der Waals surface area contributed by atoms with Crippen LogP contribution in [-0.4, -0.2) is 32.7 Å². The molecular formula is C16H17N3O4S. The van der Waals surface area contributed by atoms with Crippen molar-refractivity contribution >= 4 is 21.6 Å². The van der Waals surface area contributed by atoms with Crippen LogP contribution in [0.2, 0.25) is 0 Å². The maximum Gasteiger partial charge on any atom is 0.273 e. The molecule has 2 aromatic rings. The first-order chi connectivity index (χ1) is 11.4. The molecule has 0 radical (unpaired) electrons. The molecule has 1 aliphatic heterocycles. The number of hydrogen-bond acceptors (Lipinski definition) is 5. The van der Waals surface area contributed by atoms with E-state index >= 15 is 0 Å². The van der Waals surface area contributed by atoms with Crippen molar-refractivity contribution in [3.05, 3.63) is 59.7 Å². The fourth-order valence-electron chi connectivity index (χ4n) is 2.55. The van der Waals surface area contributed by atoms with E-state index in [1.807, 2.05) is 6.07 Å². The van der Waals surface area contributed by atoms with Crippen LogP contribution in [-0.2, 0) is 10.0 Å². The van der Waals surface area contributed by atoms with Crippen LogP contribution in [0.15, 0.2) is 48.5 Å². The molecule has 2 N–H and O–H groups in total. The van der Waals surface area contributed by atoms with E-state index in [9.17, 15) is 13.2 Å². The molecule has 0 saturated carbocycles. The summed E-state index contributed by atoms with van der Waals surface area (Å²) in [5, 5.41) is 4.27. The van der Waals surface area contributed by atoms with Gasteiger partial charge in [0.2, 0.25) is 10.0 Å². The predicted octanol–water partition coefficient (Wildman–Crippen LogP) is 1.73. The molecule has 0 spiro atoms. The molecule has 126 valence electrons. The van der Waals surface area contributed by atoms with Crippen molar-refractivity contribution in [2.24, 2.45) is 0 Å². The van der Waals surface area contributed by atoms with Crippen LogP contribution in [0, 0.1) is 0 Å². The van der Waals surface area contributed by atoms with Crippen molar-refractivity contribution in [2.75, 3.05) is 18.7 Å². The predicted molar refractivity (Wildman–Crippen MR) is 89.9 cm³/mol. The summed E-state index contributed by atoms with van der Waals surface area (Å²) in [6, 6.07) is 14.0. The van der Waals surface area contributed by atoms with Crippen LogP contribution in [0.5, 0.6) is 5.75 Å². The monoisotopic (exact) mass is 347 g/mol. The molecule has 0 aromatic heterocycles. The summed E-state index contributed by atoms with van der Waals surface area (Å²) < 4.78 is 28.5. The Kier molecular flexibility index (Phi) is 4.16. The fraction of sp³-hybridized carbons (Fsp3) is 0.188. The van der Waals surface area contributed by atoms with E-state index in [1.54, 1.807) is 49.6 Å². The van der Waals surface area contributed by atoms with Crippen LogP contribution >= 0.6 is 0 Å². The number of hydrazine groups is 1. The van der Waals surface area contributed by atoms with Crippen LogP contribution in [0.3, 0.4) is 0 Å². The number of amides is 1. The van der Waals surface area contributed by atoms with Crippen molar-refractivity contribution < 1.29 is 17.9 Å². The standard InChI is InChI=1S/C16H17N3O4S/c1-23-12-9-7-11(8-10-12)15-17-14-6-4-3-5-13(14)16(20)19(15)18-24(2,21)22/h3-10,15,17-18H,1-2H3/t15-/m1/s1. The number of hydrogen-bond donors (Lipinski definition) is 2. The summed E-state index contributed by atoms with van der Waals surface area (Å²) in [6.07, 6.45) is 0.333. The minimum Gasteiger partial charge on any atom is -0.497 e. The Morgan fingerprint density at radius 1 is 1.12 bits per heavy atom. The zero-order valence-electron chi connectivity index (χ0n) is 13.2. The molecule has 2 aromatic carbocycles. The smallest absolute Gasteiger partial charge is 0.273 e. The number of benzene rings is 2.